The summed E-state index contributed by atoms with van der Waals surface area (Å²) >= 11 is 0. The molecule has 0 spiro atoms. The Morgan fingerprint density at radius 3 is 2.67 bits per heavy atom. The second-order valence-corrected chi connectivity index (χ2v) is 6.42. The van der Waals surface area contributed by atoms with Crippen LogP contribution in [0.2, 0.25) is 0 Å². The number of halogens is 3. The van der Waals surface area contributed by atoms with E-state index in [4.69, 9.17) is 0 Å². The fourth-order valence-corrected chi connectivity index (χ4v) is 3.21. The molecule has 138 valence electrons. The van der Waals surface area contributed by atoms with Crippen LogP contribution in [-0.4, -0.2) is 26.4 Å². The van der Waals surface area contributed by atoms with E-state index in [1.807, 2.05) is 11.0 Å². The van der Waals surface area contributed by atoms with Gasteiger partial charge in [0.15, 0.2) is 17.5 Å². The van der Waals surface area contributed by atoms with Gasteiger partial charge in [0.25, 0.3) is 5.56 Å². The highest BCUT2D eigenvalue weighted by molar-refractivity contribution is 5.53. The molecule has 1 aromatic carbocycles. The third-order valence-corrected chi connectivity index (χ3v) is 4.53. The highest BCUT2D eigenvalue weighted by Crippen LogP contribution is 2.21. The average molecular weight is 372 g/mol. The van der Waals surface area contributed by atoms with Gasteiger partial charge < -0.3 is 4.98 Å². The fraction of sp³-hybridized carbons (Fsp3) is 0.211. The van der Waals surface area contributed by atoms with E-state index in [0.29, 0.717) is 42.2 Å². The van der Waals surface area contributed by atoms with Crippen molar-refractivity contribution in [2.75, 3.05) is 6.54 Å². The van der Waals surface area contributed by atoms with E-state index in [1.54, 1.807) is 18.5 Å². The molecule has 1 aliphatic rings. The van der Waals surface area contributed by atoms with Crippen molar-refractivity contribution in [1.82, 2.24) is 19.9 Å². The zero-order valence-corrected chi connectivity index (χ0v) is 14.2. The van der Waals surface area contributed by atoms with Crippen LogP contribution in [0.5, 0.6) is 0 Å². The topological polar surface area (TPSA) is 61.9 Å². The number of benzene rings is 1. The number of rotatable bonds is 3. The van der Waals surface area contributed by atoms with Crippen molar-refractivity contribution in [3.8, 4) is 11.4 Å². The molecule has 8 heteroatoms. The van der Waals surface area contributed by atoms with Crippen LogP contribution < -0.4 is 5.56 Å². The Morgan fingerprint density at radius 1 is 1.19 bits per heavy atom. The molecule has 3 heterocycles. The van der Waals surface area contributed by atoms with Crippen molar-refractivity contribution >= 4 is 0 Å². The predicted octanol–water partition coefficient (Wildman–Crippen LogP) is 2.81. The van der Waals surface area contributed by atoms with Crippen LogP contribution in [0.3, 0.4) is 0 Å². The van der Waals surface area contributed by atoms with Gasteiger partial charge in [-0.05, 0) is 29.8 Å². The second kappa shape index (κ2) is 6.96. The van der Waals surface area contributed by atoms with Gasteiger partial charge in [0.2, 0.25) is 0 Å². The lowest BCUT2D eigenvalue weighted by molar-refractivity contribution is 0.241. The predicted molar refractivity (Wildman–Crippen MR) is 92.2 cm³/mol. The normalized spacial score (nSPS) is 14.2. The first-order valence-electron chi connectivity index (χ1n) is 8.39. The van der Waals surface area contributed by atoms with E-state index >= 15 is 0 Å². The number of H-pyrrole nitrogens is 1. The summed E-state index contributed by atoms with van der Waals surface area (Å²) in [5, 5.41) is 0. The second-order valence-electron chi connectivity index (χ2n) is 6.42. The van der Waals surface area contributed by atoms with Crippen LogP contribution in [0.1, 0.15) is 16.8 Å². The minimum atomic E-state index is -1.48. The Morgan fingerprint density at radius 2 is 1.96 bits per heavy atom. The Hall–Kier alpha value is -3.00. The molecule has 1 N–H and O–H groups in total. The molecule has 4 rings (SSSR count). The molecule has 0 amide bonds. The van der Waals surface area contributed by atoms with Crippen molar-refractivity contribution in [3.63, 3.8) is 0 Å². The van der Waals surface area contributed by atoms with Crippen molar-refractivity contribution in [1.29, 1.82) is 0 Å². The Labute approximate surface area is 152 Å². The molecule has 5 nitrogen and oxygen atoms in total. The van der Waals surface area contributed by atoms with Gasteiger partial charge in [-0.25, -0.2) is 18.2 Å². The van der Waals surface area contributed by atoms with Gasteiger partial charge in [0.05, 0.1) is 11.3 Å². The molecular weight excluding hydrogens is 357 g/mol. The maximum atomic E-state index is 13.4. The van der Waals surface area contributed by atoms with Gasteiger partial charge in [-0.1, -0.05) is 0 Å². The molecule has 0 atom stereocenters. The van der Waals surface area contributed by atoms with Gasteiger partial charge in [-0.2, -0.15) is 0 Å². The molecular formula is C19H15F3N4O. The molecule has 0 radical (unpaired) electrons. The Kier molecular flexibility index (Phi) is 4.49. The lowest BCUT2D eigenvalue weighted by Gasteiger charge is -2.27. The molecule has 2 aromatic heterocycles. The van der Waals surface area contributed by atoms with E-state index in [2.05, 4.69) is 15.0 Å². The first-order valence-corrected chi connectivity index (χ1v) is 8.39. The molecule has 0 aliphatic carbocycles. The largest absolute Gasteiger partial charge is 0.306 e. The smallest absolute Gasteiger partial charge is 0.255 e. The molecule has 27 heavy (non-hydrogen) atoms. The third kappa shape index (κ3) is 3.48. The van der Waals surface area contributed by atoms with Gasteiger partial charge in [0, 0.05) is 44.0 Å². The monoisotopic (exact) mass is 372 g/mol. The fourth-order valence-electron chi connectivity index (χ4n) is 3.21. The number of fused-ring (bicyclic) bond motifs is 1. The maximum absolute atomic E-state index is 13.4. The lowest BCUT2D eigenvalue weighted by atomic mass is 10.1. The maximum Gasteiger partial charge on any atom is 0.255 e. The number of aromatic amines is 1. The number of hydrogen-bond donors (Lipinski definition) is 1. The van der Waals surface area contributed by atoms with E-state index in [1.165, 1.54) is 0 Å². The Balaban J connectivity index is 1.58. The van der Waals surface area contributed by atoms with Crippen LogP contribution in [0.15, 0.2) is 41.5 Å². The molecule has 0 unspecified atom stereocenters. The molecule has 0 saturated carbocycles. The van der Waals surface area contributed by atoms with Crippen molar-refractivity contribution in [2.45, 2.75) is 19.5 Å². The summed E-state index contributed by atoms with van der Waals surface area (Å²) in [6.07, 6.45) is 3.79. The minimum absolute atomic E-state index is 0.206. The number of nitrogens with one attached hydrogen (secondary N) is 1. The number of nitrogens with zero attached hydrogens (tertiary/aromatic N) is 3. The van der Waals surface area contributed by atoms with E-state index in [9.17, 15) is 18.0 Å². The van der Waals surface area contributed by atoms with Crippen LogP contribution in [0.4, 0.5) is 13.2 Å². The number of aromatic nitrogens is 3. The summed E-state index contributed by atoms with van der Waals surface area (Å²) in [5.74, 6) is -3.46. The number of pyridine rings is 1. The first kappa shape index (κ1) is 17.4. The Bertz CT molecular complexity index is 1030. The average Bonchev–Trinajstić information content (AvgIpc) is 2.67. The van der Waals surface area contributed by atoms with Gasteiger partial charge in [0.1, 0.15) is 5.82 Å². The summed E-state index contributed by atoms with van der Waals surface area (Å²) in [6, 6.07) is 5.52. The van der Waals surface area contributed by atoms with E-state index in [-0.39, 0.29) is 12.1 Å². The van der Waals surface area contributed by atoms with Crippen LogP contribution in [-0.2, 0) is 19.5 Å². The summed E-state index contributed by atoms with van der Waals surface area (Å²) in [4.78, 5) is 25.7. The quantitative estimate of drug-likeness (QED) is 0.719. The zero-order chi connectivity index (χ0) is 19.0. The number of hydrogen-bond acceptors (Lipinski definition) is 4. The van der Waals surface area contributed by atoms with Crippen LogP contribution >= 0.6 is 0 Å². The van der Waals surface area contributed by atoms with Crippen molar-refractivity contribution in [2.24, 2.45) is 0 Å². The first-order chi connectivity index (χ1) is 13.0. The van der Waals surface area contributed by atoms with E-state index in [0.717, 1.165) is 17.7 Å². The zero-order valence-electron chi connectivity index (χ0n) is 14.2. The van der Waals surface area contributed by atoms with Gasteiger partial charge >= 0.3 is 0 Å². The molecule has 3 aromatic rings. The minimum Gasteiger partial charge on any atom is -0.306 e. The highest BCUT2D eigenvalue weighted by atomic mass is 19.2. The van der Waals surface area contributed by atoms with Gasteiger partial charge in [-0.3, -0.25) is 14.7 Å². The molecule has 0 bridgehead atoms. The van der Waals surface area contributed by atoms with Gasteiger partial charge in [-0.15, -0.1) is 0 Å². The summed E-state index contributed by atoms with van der Waals surface area (Å²) < 4.78 is 39.9. The summed E-state index contributed by atoms with van der Waals surface area (Å²) in [6.45, 7) is 1.07. The van der Waals surface area contributed by atoms with Crippen LogP contribution in [0.25, 0.3) is 11.4 Å². The third-order valence-electron chi connectivity index (χ3n) is 4.53. The van der Waals surface area contributed by atoms with Crippen molar-refractivity contribution in [3.05, 3.63) is 81.3 Å². The lowest BCUT2D eigenvalue weighted by Crippen LogP contribution is -2.35. The highest BCUT2D eigenvalue weighted by Gasteiger charge is 2.22. The standard InChI is InChI=1S/C19H15F3N4O/c20-14-6-11(7-15(21)17(14)22)9-26-5-3-16-13(10-26)19(27)25-18(24-16)12-2-1-4-23-8-12/h1-2,4,6-8H,3,5,9-10H2,(H,24,25,27). The van der Waals surface area contributed by atoms with Crippen molar-refractivity contribution < 1.29 is 13.2 Å². The summed E-state index contributed by atoms with van der Waals surface area (Å²) in [7, 11) is 0. The van der Waals surface area contributed by atoms with Crippen LogP contribution in [0, 0.1) is 17.5 Å². The van der Waals surface area contributed by atoms with E-state index < -0.39 is 17.5 Å². The summed E-state index contributed by atoms with van der Waals surface area (Å²) in [5.41, 5.74) is 2.01. The SMILES string of the molecule is O=c1[nH]c(-c2cccnc2)nc2c1CN(Cc1cc(F)c(F)c(F)c1)CC2. The molecule has 0 fully saturated rings. The molecule has 0 saturated heterocycles. The molecule has 1 aliphatic heterocycles.